The fourth-order valence-electron chi connectivity index (χ4n) is 2.37. The van der Waals surface area contributed by atoms with E-state index in [1.807, 2.05) is 18.2 Å². The lowest BCUT2D eigenvalue weighted by atomic mass is 9.99. The Labute approximate surface area is 118 Å². The molecule has 0 fully saturated rings. The molecule has 5 heteroatoms. The van der Waals surface area contributed by atoms with Gasteiger partial charge in [0.05, 0.1) is 6.61 Å². The molecule has 1 aromatic rings. The van der Waals surface area contributed by atoms with Crippen molar-refractivity contribution >= 4 is 12.0 Å². The van der Waals surface area contributed by atoms with Gasteiger partial charge in [0.15, 0.2) is 0 Å². The van der Waals surface area contributed by atoms with Crippen molar-refractivity contribution in [3.8, 4) is 0 Å². The van der Waals surface area contributed by atoms with Crippen LogP contribution >= 0.6 is 0 Å². The van der Waals surface area contributed by atoms with E-state index in [4.69, 9.17) is 4.74 Å². The molecule has 0 aliphatic carbocycles. The van der Waals surface area contributed by atoms with Crippen molar-refractivity contribution in [2.24, 2.45) is 0 Å². The molecule has 1 atom stereocenters. The van der Waals surface area contributed by atoms with Gasteiger partial charge in [0, 0.05) is 13.1 Å². The van der Waals surface area contributed by atoms with E-state index >= 15 is 0 Å². The van der Waals surface area contributed by atoms with Crippen LogP contribution in [0.1, 0.15) is 25.0 Å². The fourth-order valence-corrected chi connectivity index (χ4v) is 2.37. The molecule has 0 aromatic heterocycles. The average Bonchev–Trinajstić information content (AvgIpc) is 2.46. The van der Waals surface area contributed by atoms with Crippen molar-refractivity contribution in [3.05, 3.63) is 35.4 Å². The topological polar surface area (TPSA) is 58.6 Å². The molecule has 1 heterocycles. The van der Waals surface area contributed by atoms with Gasteiger partial charge in [0.2, 0.25) is 5.91 Å². The molecule has 0 spiro atoms. The van der Waals surface area contributed by atoms with Crippen molar-refractivity contribution in [1.82, 2.24) is 10.2 Å². The molecule has 1 N–H and O–H groups in total. The SMILES string of the molecule is CCOC(=O)N[C@@H](C)C(=O)N1CCc2ccccc2C1. The highest BCUT2D eigenvalue weighted by Gasteiger charge is 2.25. The Morgan fingerprint density at radius 2 is 2.05 bits per heavy atom. The Kier molecular flexibility index (Phi) is 4.61. The van der Waals surface area contributed by atoms with E-state index in [-0.39, 0.29) is 5.91 Å². The molecular weight excluding hydrogens is 256 g/mol. The number of alkyl carbamates (subject to hydrolysis) is 1. The van der Waals surface area contributed by atoms with E-state index in [1.165, 1.54) is 11.1 Å². The Balaban J connectivity index is 1.95. The van der Waals surface area contributed by atoms with Crippen LogP contribution in [0.5, 0.6) is 0 Å². The number of nitrogens with one attached hydrogen (secondary N) is 1. The summed E-state index contributed by atoms with van der Waals surface area (Å²) in [7, 11) is 0. The molecule has 0 unspecified atom stereocenters. The molecular formula is C15H20N2O3. The van der Waals surface area contributed by atoms with Gasteiger partial charge in [0.1, 0.15) is 6.04 Å². The molecule has 108 valence electrons. The predicted molar refractivity (Wildman–Crippen MR) is 75.2 cm³/mol. The van der Waals surface area contributed by atoms with Crippen LogP contribution in [0.25, 0.3) is 0 Å². The molecule has 5 nitrogen and oxygen atoms in total. The van der Waals surface area contributed by atoms with Gasteiger partial charge in [0.25, 0.3) is 0 Å². The zero-order chi connectivity index (χ0) is 14.5. The second-order valence-corrected chi connectivity index (χ2v) is 4.86. The summed E-state index contributed by atoms with van der Waals surface area (Å²) in [5.74, 6) is -0.0763. The van der Waals surface area contributed by atoms with E-state index in [0.717, 1.165) is 6.42 Å². The third-order valence-corrected chi connectivity index (χ3v) is 3.42. The van der Waals surface area contributed by atoms with Crippen LogP contribution in [0, 0.1) is 0 Å². The maximum atomic E-state index is 12.3. The molecule has 1 aliphatic heterocycles. The maximum Gasteiger partial charge on any atom is 0.407 e. The van der Waals surface area contributed by atoms with Crippen LogP contribution in [0.3, 0.4) is 0 Å². The minimum absolute atomic E-state index is 0.0763. The number of amides is 2. The van der Waals surface area contributed by atoms with E-state index in [9.17, 15) is 9.59 Å². The van der Waals surface area contributed by atoms with Gasteiger partial charge < -0.3 is 15.0 Å². The molecule has 0 bridgehead atoms. The van der Waals surface area contributed by atoms with Gasteiger partial charge in [-0.05, 0) is 31.4 Å². The summed E-state index contributed by atoms with van der Waals surface area (Å²) in [6, 6.07) is 7.56. The average molecular weight is 276 g/mol. The normalized spacial score (nSPS) is 15.2. The predicted octanol–water partition coefficient (Wildman–Crippen LogP) is 1.71. The standard InChI is InChI=1S/C15H20N2O3/c1-3-20-15(19)16-11(2)14(18)17-9-8-12-6-4-5-7-13(12)10-17/h4-7,11H,3,8-10H2,1-2H3,(H,16,19)/t11-/m0/s1. The largest absolute Gasteiger partial charge is 0.450 e. The number of carbonyl (C=O) groups is 2. The van der Waals surface area contributed by atoms with Gasteiger partial charge in [-0.15, -0.1) is 0 Å². The Hall–Kier alpha value is -2.04. The summed E-state index contributed by atoms with van der Waals surface area (Å²) in [6.07, 6.45) is 0.305. The smallest absolute Gasteiger partial charge is 0.407 e. The van der Waals surface area contributed by atoms with Crippen molar-refractivity contribution in [3.63, 3.8) is 0 Å². The van der Waals surface area contributed by atoms with Gasteiger partial charge in [-0.3, -0.25) is 4.79 Å². The van der Waals surface area contributed by atoms with Gasteiger partial charge in [-0.1, -0.05) is 24.3 Å². The monoisotopic (exact) mass is 276 g/mol. The quantitative estimate of drug-likeness (QED) is 0.914. The lowest BCUT2D eigenvalue weighted by Crippen LogP contribution is -2.48. The van der Waals surface area contributed by atoms with Crippen molar-refractivity contribution < 1.29 is 14.3 Å². The molecule has 2 amide bonds. The highest BCUT2D eigenvalue weighted by Crippen LogP contribution is 2.18. The van der Waals surface area contributed by atoms with Crippen molar-refractivity contribution in [2.45, 2.75) is 32.9 Å². The van der Waals surface area contributed by atoms with Crippen LogP contribution in [-0.2, 0) is 22.5 Å². The zero-order valence-electron chi connectivity index (χ0n) is 11.9. The summed E-state index contributed by atoms with van der Waals surface area (Å²) in [4.78, 5) is 25.4. The minimum Gasteiger partial charge on any atom is -0.450 e. The van der Waals surface area contributed by atoms with Crippen LogP contribution in [0.2, 0.25) is 0 Å². The second kappa shape index (κ2) is 6.41. The first kappa shape index (κ1) is 14.4. The summed E-state index contributed by atoms with van der Waals surface area (Å²) >= 11 is 0. The highest BCUT2D eigenvalue weighted by atomic mass is 16.5. The number of carbonyl (C=O) groups excluding carboxylic acids is 2. The lowest BCUT2D eigenvalue weighted by Gasteiger charge is -2.31. The van der Waals surface area contributed by atoms with Crippen LogP contribution in [0.4, 0.5) is 4.79 Å². The number of fused-ring (bicyclic) bond motifs is 1. The molecule has 2 rings (SSSR count). The van der Waals surface area contributed by atoms with E-state index in [2.05, 4.69) is 11.4 Å². The van der Waals surface area contributed by atoms with Crippen LogP contribution < -0.4 is 5.32 Å². The van der Waals surface area contributed by atoms with Gasteiger partial charge >= 0.3 is 6.09 Å². The van der Waals surface area contributed by atoms with Gasteiger partial charge in [-0.2, -0.15) is 0 Å². The first-order valence-corrected chi connectivity index (χ1v) is 6.90. The second-order valence-electron chi connectivity index (χ2n) is 4.86. The third kappa shape index (κ3) is 3.29. The van der Waals surface area contributed by atoms with Crippen molar-refractivity contribution in [1.29, 1.82) is 0 Å². The number of hydrogen-bond acceptors (Lipinski definition) is 3. The molecule has 0 saturated heterocycles. The number of nitrogens with zero attached hydrogens (tertiary/aromatic N) is 1. The Bertz CT molecular complexity index is 502. The summed E-state index contributed by atoms with van der Waals surface area (Å²) in [5, 5.41) is 2.55. The number of hydrogen-bond donors (Lipinski definition) is 1. The lowest BCUT2D eigenvalue weighted by molar-refractivity contribution is -0.133. The van der Waals surface area contributed by atoms with Crippen LogP contribution in [0.15, 0.2) is 24.3 Å². The van der Waals surface area contributed by atoms with Crippen LogP contribution in [-0.4, -0.2) is 36.1 Å². The molecule has 0 radical (unpaired) electrons. The molecule has 1 aromatic carbocycles. The number of ether oxygens (including phenoxy) is 1. The Morgan fingerprint density at radius 1 is 1.35 bits per heavy atom. The number of rotatable bonds is 3. The summed E-state index contributed by atoms with van der Waals surface area (Å²) in [6.45, 7) is 4.99. The van der Waals surface area contributed by atoms with E-state index < -0.39 is 12.1 Å². The zero-order valence-corrected chi connectivity index (χ0v) is 11.9. The number of benzene rings is 1. The summed E-state index contributed by atoms with van der Waals surface area (Å²) < 4.78 is 4.79. The molecule has 20 heavy (non-hydrogen) atoms. The third-order valence-electron chi connectivity index (χ3n) is 3.42. The molecule has 0 saturated carbocycles. The first-order chi connectivity index (χ1) is 9.61. The van der Waals surface area contributed by atoms with E-state index in [1.54, 1.807) is 18.7 Å². The molecule has 1 aliphatic rings. The fraction of sp³-hybridized carbons (Fsp3) is 0.467. The van der Waals surface area contributed by atoms with E-state index in [0.29, 0.717) is 19.7 Å². The Morgan fingerprint density at radius 3 is 2.75 bits per heavy atom. The highest BCUT2D eigenvalue weighted by molar-refractivity contribution is 5.85. The van der Waals surface area contributed by atoms with Crippen molar-refractivity contribution in [2.75, 3.05) is 13.2 Å². The van der Waals surface area contributed by atoms with Gasteiger partial charge in [-0.25, -0.2) is 4.79 Å². The maximum absolute atomic E-state index is 12.3. The minimum atomic E-state index is -0.570. The summed E-state index contributed by atoms with van der Waals surface area (Å²) in [5.41, 5.74) is 2.47. The first-order valence-electron chi connectivity index (χ1n) is 6.90.